The highest BCUT2D eigenvalue weighted by Crippen LogP contribution is 2.33. The number of carboxylic acids is 1. The van der Waals surface area contributed by atoms with Crippen LogP contribution in [-0.2, 0) is 0 Å². The number of thiophene rings is 1. The molecule has 19 heavy (non-hydrogen) atoms. The topological polar surface area (TPSA) is 49.7 Å². The summed E-state index contributed by atoms with van der Waals surface area (Å²) in [6.07, 6.45) is 9.50. The molecule has 3 nitrogen and oxygen atoms in total. The van der Waals surface area contributed by atoms with Gasteiger partial charge in [-0.05, 0) is 40.6 Å². The predicted molar refractivity (Wildman–Crippen MR) is 78.3 cm³/mol. The van der Waals surface area contributed by atoms with Gasteiger partial charge in [-0.25, -0.2) is 4.79 Å². The zero-order valence-electron chi connectivity index (χ0n) is 9.98. The molecule has 2 heterocycles. The minimum atomic E-state index is -0.894. The molecule has 4 heteroatoms. The average Bonchev–Trinajstić information content (AvgIpc) is 2.64. The molecule has 0 saturated heterocycles. The number of nitrogens with zero attached hydrogens (tertiary/aromatic N) is 1. The first kappa shape index (κ1) is 11.9. The zero-order chi connectivity index (χ0) is 13.2. The molecule has 0 saturated carbocycles. The molecule has 0 amide bonds. The Hall–Kier alpha value is -2.20. The van der Waals surface area contributed by atoms with Gasteiger partial charge in [0.15, 0.2) is 0 Å². The monoisotopic (exact) mass is 269 g/mol. The second-order valence-corrected chi connectivity index (χ2v) is 5.17. The fourth-order valence-electron chi connectivity index (χ4n) is 2.12. The Kier molecular flexibility index (Phi) is 3.01. The van der Waals surface area contributed by atoms with Gasteiger partial charge in [-0.3, -0.25) is 4.99 Å². The van der Waals surface area contributed by atoms with Gasteiger partial charge in [0.2, 0.25) is 0 Å². The third kappa shape index (κ3) is 2.22. The Bertz CT molecular complexity index is 709. The maximum absolute atomic E-state index is 11.1. The number of benzene rings is 1. The summed E-state index contributed by atoms with van der Waals surface area (Å²) in [5, 5.41) is 12.2. The van der Waals surface area contributed by atoms with E-state index in [1.54, 1.807) is 35.9 Å². The van der Waals surface area contributed by atoms with Crippen molar-refractivity contribution in [3.63, 3.8) is 0 Å². The minimum Gasteiger partial charge on any atom is -0.478 e. The van der Waals surface area contributed by atoms with E-state index < -0.39 is 5.97 Å². The summed E-state index contributed by atoms with van der Waals surface area (Å²) in [5.74, 6) is -0.755. The minimum absolute atomic E-state index is 0.139. The number of carbonyl (C=O) groups is 1. The Morgan fingerprint density at radius 1 is 1.32 bits per heavy atom. The number of aromatic carboxylic acids is 1. The molecule has 0 radical (unpaired) electrons. The molecule has 0 bridgehead atoms. The smallest absolute Gasteiger partial charge is 0.335 e. The lowest BCUT2D eigenvalue weighted by Crippen LogP contribution is -1.96. The van der Waals surface area contributed by atoms with Crippen molar-refractivity contribution in [2.45, 2.75) is 5.92 Å². The van der Waals surface area contributed by atoms with E-state index in [-0.39, 0.29) is 5.92 Å². The van der Waals surface area contributed by atoms with E-state index in [9.17, 15) is 4.79 Å². The Morgan fingerprint density at radius 3 is 3.05 bits per heavy atom. The van der Waals surface area contributed by atoms with Crippen LogP contribution in [0, 0.1) is 0 Å². The van der Waals surface area contributed by atoms with E-state index in [0.717, 1.165) is 15.6 Å². The first-order valence-electron chi connectivity index (χ1n) is 5.87. The van der Waals surface area contributed by atoms with Gasteiger partial charge in [0.25, 0.3) is 0 Å². The van der Waals surface area contributed by atoms with Crippen LogP contribution in [0.4, 0.5) is 0 Å². The van der Waals surface area contributed by atoms with Crippen molar-refractivity contribution in [3.05, 3.63) is 59.1 Å². The molecule has 1 N–H and O–H groups in total. The van der Waals surface area contributed by atoms with Crippen LogP contribution in [0.15, 0.2) is 53.0 Å². The predicted octanol–water partition coefficient (Wildman–Crippen LogP) is 3.84. The van der Waals surface area contributed by atoms with Crippen LogP contribution in [0.1, 0.15) is 21.8 Å². The molecule has 94 valence electrons. The molecular formula is C15H11NO2S. The van der Waals surface area contributed by atoms with E-state index in [1.165, 1.54) is 0 Å². The van der Waals surface area contributed by atoms with Crippen LogP contribution in [0.5, 0.6) is 0 Å². The molecule has 1 aromatic heterocycles. The number of allylic oxidation sites excluding steroid dienone is 3. The summed E-state index contributed by atoms with van der Waals surface area (Å²) in [6.45, 7) is 0. The van der Waals surface area contributed by atoms with Gasteiger partial charge in [0.1, 0.15) is 0 Å². The molecule has 3 rings (SSSR count). The standard InChI is InChI=1S/C15H11NO2S/c17-15(18)11-3-4-14-12(8-11)13(9-19-14)10-2-1-6-16-7-5-10/h1-10H,(H,17,18). The van der Waals surface area contributed by atoms with Crippen LogP contribution in [0.3, 0.4) is 0 Å². The first-order chi connectivity index (χ1) is 9.25. The van der Waals surface area contributed by atoms with Gasteiger partial charge < -0.3 is 5.11 Å². The summed E-state index contributed by atoms with van der Waals surface area (Å²) < 4.78 is 1.10. The maximum Gasteiger partial charge on any atom is 0.335 e. The van der Waals surface area contributed by atoms with Gasteiger partial charge in [-0.2, -0.15) is 0 Å². The number of fused-ring (bicyclic) bond motifs is 1. The number of hydrogen-bond donors (Lipinski definition) is 1. The molecule has 1 aliphatic rings. The molecule has 1 unspecified atom stereocenters. The third-order valence-corrected chi connectivity index (χ3v) is 4.06. The lowest BCUT2D eigenvalue weighted by molar-refractivity contribution is 0.0697. The molecular weight excluding hydrogens is 258 g/mol. The second-order valence-electron chi connectivity index (χ2n) is 4.26. The Labute approximate surface area is 114 Å². The molecule has 0 spiro atoms. The van der Waals surface area contributed by atoms with Crippen LogP contribution in [0.2, 0.25) is 0 Å². The Morgan fingerprint density at radius 2 is 2.21 bits per heavy atom. The van der Waals surface area contributed by atoms with Crippen LogP contribution in [-0.4, -0.2) is 17.3 Å². The number of hydrogen-bond acceptors (Lipinski definition) is 3. The van der Waals surface area contributed by atoms with E-state index in [2.05, 4.69) is 16.4 Å². The summed E-state index contributed by atoms with van der Waals surface area (Å²) in [6, 6.07) is 5.26. The van der Waals surface area contributed by atoms with Crippen molar-refractivity contribution in [1.82, 2.24) is 0 Å². The molecule has 1 aromatic carbocycles. The van der Waals surface area contributed by atoms with Crippen molar-refractivity contribution < 1.29 is 9.90 Å². The van der Waals surface area contributed by atoms with Crippen molar-refractivity contribution >= 4 is 33.6 Å². The molecule has 1 aliphatic heterocycles. The third-order valence-electron chi connectivity index (χ3n) is 3.08. The molecule has 2 aromatic rings. The van der Waals surface area contributed by atoms with Gasteiger partial charge in [-0.15, -0.1) is 11.3 Å². The highest BCUT2D eigenvalue weighted by Gasteiger charge is 2.13. The average molecular weight is 269 g/mol. The summed E-state index contributed by atoms with van der Waals surface area (Å²) in [4.78, 5) is 15.1. The molecule has 0 aliphatic carbocycles. The fourth-order valence-corrected chi connectivity index (χ4v) is 3.11. The van der Waals surface area contributed by atoms with Crippen molar-refractivity contribution in [1.29, 1.82) is 0 Å². The summed E-state index contributed by atoms with van der Waals surface area (Å²) in [7, 11) is 0. The zero-order valence-corrected chi connectivity index (χ0v) is 10.8. The van der Waals surface area contributed by atoms with E-state index in [4.69, 9.17) is 5.11 Å². The Balaban J connectivity index is 2.13. The van der Waals surface area contributed by atoms with Crippen LogP contribution >= 0.6 is 11.3 Å². The molecule has 1 atom stereocenters. The summed E-state index contributed by atoms with van der Waals surface area (Å²) >= 11 is 1.63. The van der Waals surface area contributed by atoms with Gasteiger partial charge >= 0.3 is 5.97 Å². The maximum atomic E-state index is 11.1. The van der Waals surface area contributed by atoms with Crippen molar-refractivity contribution in [2.75, 3.05) is 0 Å². The first-order valence-corrected chi connectivity index (χ1v) is 6.75. The quantitative estimate of drug-likeness (QED) is 0.900. The van der Waals surface area contributed by atoms with Gasteiger partial charge in [0.05, 0.1) is 5.56 Å². The lowest BCUT2D eigenvalue weighted by Gasteiger charge is -2.06. The SMILES string of the molecule is O=C(O)c1ccc2scc(C3C=CC=NC=C3)c2c1. The van der Waals surface area contributed by atoms with E-state index >= 15 is 0 Å². The van der Waals surface area contributed by atoms with E-state index in [0.29, 0.717) is 5.56 Å². The largest absolute Gasteiger partial charge is 0.478 e. The van der Waals surface area contributed by atoms with Crippen molar-refractivity contribution in [3.8, 4) is 0 Å². The van der Waals surface area contributed by atoms with Gasteiger partial charge in [-0.1, -0.05) is 12.2 Å². The second kappa shape index (κ2) is 4.82. The summed E-state index contributed by atoms with van der Waals surface area (Å²) in [5.41, 5.74) is 1.45. The van der Waals surface area contributed by atoms with Crippen molar-refractivity contribution in [2.24, 2.45) is 4.99 Å². The highest BCUT2D eigenvalue weighted by molar-refractivity contribution is 7.17. The highest BCUT2D eigenvalue weighted by atomic mass is 32.1. The van der Waals surface area contributed by atoms with E-state index in [1.807, 2.05) is 18.2 Å². The van der Waals surface area contributed by atoms with Crippen LogP contribution in [0.25, 0.3) is 10.1 Å². The number of rotatable bonds is 2. The molecule has 0 fully saturated rings. The van der Waals surface area contributed by atoms with Gasteiger partial charge in [0, 0.05) is 23.0 Å². The lowest BCUT2D eigenvalue weighted by atomic mass is 9.97. The fraction of sp³-hybridized carbons (Fsp3) is 0.0667. The number of aliphatic imine (C=N–C) groups is 1. The normalized spacial score (nSPS) is 17.8. The number of carboxylic acid groups (broad SMARTS) is 1. The van der Waals surface area contributed by atoms with Crippen LogP contribution < -0.4 is 0 Å².